The summed E-state index contributed by atoms with van der Waals surface area (Å²) in [6, 6.07) is 26.7. The molecule has 8 nitrogen and oxygen atoms in total. The summed E-state index contributed by atoms with van der Waals surface area (Å²) < 4.78 is 28.4. The first-order valence-electron chi connectivity index (χ1n) is 16.3. The van der Waals surface area contributed by atoms with Crippen LogP contribution in [0.2, 0.25) is 0 Å². The number of rotatable bonds is 14. The zero-order chi connectivity index (χ0) is 32.3. The van der Waals surface area contributed by atoms with E-state index >= 15 is 0 Å². The normalized spacial score (nSPS) is 16.6. The van der Waals surface area contributed by atoms with Gasteiger partial charge < -0.3 is 28.6 Å². The van der Waals surface area contributed by atoms with Crippen LogP contribution in [0.1, 0.15) is 53.7 Å². The second kappa shape index (κ2) is 13.4. The van der Waals surface area contributed by atoms with Crippen LogP contribution in [0.4, 0.5) is 0 Å². The molecule has 47 heavy (non-hydrogen) atoms. The van der Waals surface area contributed by atoms with E-state index in [4.69, 9.17) is 33.5 Å². The first kappa shape index (κ1) is 31.2. The molecular formula is C39H40O8. The maximum Gasteiger partial charge on any atom is 0.343 e. The van der Waals surface area contributed by atoms with E-state index in [0.29, 0.717) is 43.3 Å². The van der Waals surface area contributed by atoms with Gasteiger partial charge in [-0.3, -0.25) is 0 Å². The summed E-state index contributed by atoms with van der Waals surface area (Å²) in [5, 5.41) is 0. The summed E-state index contributed by atoms with van der Waals surface area (Å²) in [4.78, 5) is 24.1. The van der Waals surface area contributed by atoms with Crippen LogP contribution >= 0.6 is 0 Å². The molecule has 0 saturated carbocycles. The molecule has 8 heteroatoms. The molecule has 0 N–H and O–H groups in total. The van der Waals surface area contributed by atoms with Gasteiger partial charge in [-0.15, -0.1) is 0 Å². The summed E-state index contributed by atoms with van der Waals surface area (Å²) in [6.07, 6.45) is 2.76. The summed E-state index contributed by atoms with van der Waals surface area (Å²) in [6.45, 7) is 8.89. The Morgan fingerprint density at radius 3 is 1.70 bits per heavy atom. The zero-order valence-corrected chi connectivity index (χ0v) is 26.9. The Hall–Kier alpha value is -4.37. The number of hydrogen-bond acceptors (Lipinski definition) is 8. The fraction of sp³-hybridized carbons (Fsp3) is 0.359. The molecule has 7 rings (SSSR count). The van der Waals surface area contributed by atoms with E-state index in [9.17, 15) is 4.79 Å². The van der Waals surface area contributed by atoms with Crippen LogP contribution in [0.25, 0.3) is 11.1 Å². The summed E-state index contributed by atoms with van der Waals surface area (Å²) in [5.41, 5.74) is 6.17. The van der Waals surface area contributed by atoms with E-state index in [1.807, 2.05) is 72.8 Å². The minimum atomic E-state index is -0.409. The van der Waals surface area contributed by atoms with Crippen LogP contribution in [0.3, 0.4) is 0 Å². The zero-order valence-electron chi connectivity index (χ0n) is 26.9. The van der Waals surface area contributed by atoms with Crippen LogP contribution in [-0.4, -0.2) is 45.6 Å². The number of ether oxygens (including phenoxy) is 5. The number of carbonyl (C=O) groups excluding carboxylic acids is 1. The van der Waals surface area contributed by atoms with Gasteiger partial charge in [-0.2, -0.15) is 4.89 Å². The standard InChI is InChI=1S/C39H40O8/c1-3-38(21-41-22-38)25-43-31-9-5-27(6-10-31)20-45-47-34-14-16-36-30(19-34)17-29-18-33(13-15-35(29)36)46-37(40)28-7-11-32(12-8-28)44-26-39(4-2)23-42-24-39/h5-16,18-19H,3-4,17,20-26H2,1-2H3. The van der Waals surface area contributed by atoms with Gasteiger partial charge in [-0.05, 0) is 108 Å². The molecule has 2 aliphatic heterocycles. The van der Waals surface area contributed by atoms with E-state index < -0.39 is 5.97 Å². The minimum absolute atomic E-state index is 0.0982. The molecule has 0 amide bonds. The highest BCUT2D eigenvalue weighted by atomic mass is 17.2. The SMILES string of the molecule is CCC1(COc2ccc(COOc3ccc4c(c3)Cc3cc(OC(=O)c5ccc(OCC6(CC)COC6)cc5)ccc3-4)cc2)COC1. The number of hydrogen-bond donors (Lipinski definition) is 0. The number of benzene rings is 4. The smallest absolute Gasteiger partial charge is 0.343 e. The van der Waals surface area contributed by atoms with Crippen molar-refractivity contribution in [1.82, 2.24) is 0 Å². The third-order valence-corrected chi connectivity index (χ3v) is 9.65. The van der Waals surface area contributed by atoms with E-state index in [-0.39, 0.29) is 10.8 Å². The highest BCUT2D eigenvalue weighted by molar-refractivity contribution is 5.91. The molecule has 2 fully saturated rings. The Balaban J connectivity index is 0.890. The lowest BCUT2D eigenvalue weighted by Crippen LogP contribution is -2.46. The monoisotopic (exact) mass is 636 g/mol. The molecule has 4 aromatic rings. The number of esters is 1. The molecule has 0 atom stereocenters. The van der Waals surface area contributed by atoms with Crippen LogP contribution in [-0.2, 0) is 27.4 Å². The van der Waals surface area contributed by atoms with Gasteiger partial charge in [-0.1, -0.05) is 38.1 Å². The fourth-order valence-corrected chi connectivity index (χ4v) is 6.01. The molecule has 4 aromatic carbocycles. The van der Waals surface area contributed by atoms with Gasteiger partial charge in [0.05, 0.1) is 56.0 Å². The Kier molecular flexibility index (Phi) is 8.90. The molecular weight excluding hydrogens is 596 g/mol. The Bertz CT molecular complexity index is 1690. The van der Waals surface area contributed by atoms with E-state index in [1.165, 1.54) is 0 Å². The quantitative estimate of drug-likeness (QED) is 0.0534. The molecule has 0 aromatic heterocycles. The lowest BCUT2D eigenvalue weighted by atomic mass is 9.84. The van der Waals surface area contributed by atoms with Crippen molar-refractivity contribution in [3.63, 3.8) is 0 Å². The lowest BCUT2D eigenvalue weighted by molar-refractivity contribution is -0.217. The van der Waals surface area contributed by atoms with Crippen molar-refractivity contribution >= 4 is 5.97 Å². The maximum atomic E-state index is 12.9. The molecule has 2 heterocycles. The molecule has 0 bridgehead atoms. The maximum absolute atomic E-state index is 12.9. The van der Waals surface area contributed by atoms with Crippen LogP contribution in [0.15, 0.2) is 84.9 Å². The van der Waals surface area contributed by atoms with Crippen molar-refractivity contribution in [3.05, 3.63) is 107 Å². The second-order valence-electron chi connectivity index (χ2n) is 13.0. The second-order valence-corrected chi connectivity index (χ2v) is 13.0. The van der Waals surface area contributed by atoms with Crippen molar-refractivity contribution in [1.29, 1.82) is 0 Å². The summed E-state index contributed by atoms with van der Waals surface area (Å²) >= 11 is 0. The number of fused-ring (bicyclic) bond motifs is 3. The largest absolute Gasteiger partial charge is 0.493 e. The predicted octanol–water partition coefficient (Wildman–Crippen LogP) is 7.60. The van der Waals surface area contributed by atoms with E-state index in [1.54, 1.807) is 12.1 Å². The van der Waals surface area contributed by atoms with Crippen molar-refractivity contribution in [2.75, 3.05) is 39.6 Å². The highest BCUT2D eigenvalue weighted by Gasteiger charge is 2.38. The van der Waals surface area contributed by atoms with Gasteiger partial charge in [0.15, 0.2) is 5.75 Å². The predicted molar refractivity (Wildman–Crippen MR) is 176 cm³/mol. The van der Waals surface area contributed by atoms with Crippen molar-refractivity contribution < 1.29 is 38.3 Å². The van der Waals surface area contributed by atoms with E-state index in [2.05, 4.69) is 13.8 Å². The molecule has 244 valence electrons. The minimum Gasteiger partial charge on any atom is -0.493 e. The van der Waals surface area contributed by atoms with Crippen molar-refractivity contribution in [2.24, 2.45) is 10.8 Å². The summed E-state index contributed by atoms with van der Waals surface area (Å²) in [5.74, 6) is 2.30. The molecule has 0 spiro atoms. The number of carbonyl (C=O) groups is 1. The van der Waals surface area contributed by atoms with Gasteiger partial charge in [0, 0.05) is 0 Å². The summed E-state index contributed by atoms with van der Waals surface area (Å²) in [7, 11) is 0. The van der Waals surface area contributed by atoms with Gasteiger partial charge in [0.25, 0.3) is 0 Å². The molecule has 0 unspecified atom stereocenters. The van der Waals surface area contributed by atoms with Crippen LogP contribution < -0.4 is 19.1 Å². The molecule has 1 aliphatic carbocycles. The van der Waals surface area contributed by atoms with Crippen molar-refractivity contribution in [3.8, 4) is 34.1 Å². The van der Waals surface area contributed by atoms with Gasteiger partial charge >= 0.3 is 5.97 Å². The third kappa shape index (κ3) is 6.86. The highest BCUT2D eigenvalue weighted by Crippen LogP contribution is 2.40. The Labute approximate surface area is 275 Å². The van der Waals surface area contributed by atoms with Gasteiger partial charge in [0.1, 0.15) is 23.9 Å². The van der Waals surface area contributed by atoms with Crippen molar-refractivity contribution in [2.45, 2.75) is 39.7 Å². The Morgan fingerprint density at radius 1 is 0.660 bits per heavy atom. The topological polar surface area (TPSA) is 81.7 Å². The van der Waals surface area contributed by atoms with Gasteiger partial charge in [-0.25, -0.2) is 4.79 Å². The average Bonchev–Trinajstić information content (AvgIpc) is 3.42. The lowest BCUT2D eigenvalue weighted by Gasteiger charge is -2.40. The first-order chi connectivity index (χ1) is 23.0. The first-order valence-corrected chi connectivity index (χ1v) is 16.3. The third-order valence-electron chi connectivity index (χ3n) is 9.65. The molecule has 3 aliphatic rings. The van der Waals surface area contributed by atoms with Crippen LogP contribution in [0.5, 0.6) is 23.0 Å². The van der Waals surface area contributed by atoms with Crippen LogP contribution in [0, 0.1) is 10.8 Å². The fourth-order valence-electron chi connectivity index (χ4n) is 6.01. The average molecular weight is 637 g/mol. The molecule has 2 saturated heterocycles. The Morgan fingerprint density at radius 2 is 1.17 bits per heavy atom. The van der Waals surface area contributed by atoms with Gasteiger partial charge in [0.2, 0.25) is 0 Å². The van der Waals surface area contributed by atoms with E-state index in [0.717, 1.165) is 78.6 Å². The molecule has 0 radical (unpaired) electrons.